The van der Waals surface area contributed by atoms with Crippen LogP contribution in [0.15, 0.2) is 18.2 Å². The average Bonchev–Trinajstić information content (AvgIpc) is 3.18. The summed E-state index contributed by atoms with van der Waals surface area (Å²) >= 11 is 6.02. The minimum Gasteiger partial charge on any atom is -0.384 e. The monoisotopic (exact) mass is 263 g/mol. The molecule has 1 aliphatic carbocycles. The van der Waals surface area contributed by atoms with E-state index in [9.17, 15) is 4.79 Å². The molecule has 18 heavy (non-hydrogen) atoms. The summed E-state index contributed by atoms with van der Waals surface area (Å²) in [7, 11) is 0. The fourth-order valence-corrected chi connectivity index (χ4v) is 1.78. The zero-order valence-corrected chi connectivity index (χ0v) is 10.6. The lowest BCUT2D eigenvalue weighted by molar-refractivity contribution is 0.0952. The molecular weight excluding hydrogens is 250 g/mol. The van der Waals surface area contributed by atoms with Gasteiger partial charge in [-0.25, -0.2) is 0 Å². The lowest BCUT2D eigenvalue weighted by Gasteiger charge is -2.05. The van der Waals surface area contributed by atoms with Crippen molar-refractivity contribution in [2.24, 2.45) is 5.92 Å². The SMILES string of the molecule is O=C(NCC1CC1)c1ccc(C#CCO)c(Cl)c1. The maximum Gasteiger partial charge on any atom is 0.251 e. The Labute approximate surface area is 111 Å². The number of hydrogen-bond acceptors (Lipinski definition) is 2. The van der Waals surface area contributed by atoms with Gasteiger partial charge < -0.3 is 10.4 Å². The molecule has 4 heteroatoms. The highest BCUT2D eigenvalue weighted by molar-refractivity contribution is 6.32. The molecule has 94 valence electrons. The number of aliphatic hydroxyl groups is 1. The molecule has 0 spiro atoms. The first-order valence-corrected chi connectivity index (χ1v) is 6.26. The van der Waals surface area contributed by atoms with Crippen molar-refractivity contribution >= 4 is 17.5 Å². The van der Waals surface area contributed by atoms with E-state index in [4.69, 9.17) is 16.7 Å². The summed E-state index contributed by atoms with van der Waals surface area (Å²) in [5, 5.41) is 11.9. The van der Waals surface area contributed by atoms with E-state index in [1.165, 1.54) is 12.8 Å². The van der Waals surface area contributed by atoms with E-state index in [0.29, 0.717) is 22.1 Å². The second-order valence-corrected chi connectivity index (χ2v) is 4.72. The van der Waals surface area contributed by atoms with Gasteiger partial charge in [0.15, 0.2) is 0 Å². The van der Waals surface area contributed by atoms with Gasteiger partial charge in [0.2, 0.25) is 0 Å². The van der Waals surface area contributed by atoms with E-state index >= 15 is 0 Å². The molecule has 1 saturated carbocycles. The van der Waals surface area contributed by atoms with Gasteiger partial charge in [-0.1, -0.05) is 23.4 Å². The van der Waals surface area contributed by atoms with Crippen LogP contribution in [0.5, 0.6) is 0 Å². The van der Waals surface area contributed by atoms with Crippen molar-refractivity contribution in [3.8, 4) is 11.8 Å². The van der Waals surface area contributed by atoms with Crippen molar-refractivity contribution in [2.75, 3.05) is 13.2 Å². The molecular formula is C14H14ClNO2. The molecule has 0 saturated heterocycles. The minimum atomic E-state index is -0.208. The zero-order valence-electron chi connectivity index (χ0n) is 9.87. The first kappa shape index (κ1) is 12.9. The van der Waals surface area contributed by atoms with E-state index in [1.54, 1.807) is 18.2 Å². The summed E-state index contributed by atoms with van der Waals surface area (Å²) in [6.45, 7) is 0.530. The van der Waals surface area contributed by atoms with Crippen LogP contribution in [0.4, 0.5) is 0 Å². The van der Waals surface area contributed by atoms with Crippen LogP contribution in [0.3, 0.4) is 0 Å². The van der Waals surface area contributed by atoms with Crippen LogP contribution in [-0.2, 0) is 0 Å². The van der Waals surface area contributed by atoms with Gasteiger partial charge >= 0.3 is 0 Å². The van der Waals surface area contributed by atoms with Crippen LogP contribution in [0, 0.1) is 17.8 Å². The van der Waals surface area contributed by atoms with Gasteiger partial charge in [0.25, 0.3) is 5.91 Å². The Morgan fingerprint density at radius 1 is 1.50 bits per heavy atom. The van der Waals surface area contributed by atoms with Crippen molar-refractivity contribution in [3.05, 3.63) is 34.3 Å². The first-order valence-electron chi connectivity index (χ1n) is 5.88. The molecule has 0 aromatic heterocycles. The van der Waals surface area contributed by atoms with Gasteiger partial charge in [0.1, 0.15) is 6.61 Å². The number of benzene rings is 1. The number of amides is 1. The molecule has 0 heterocycles. The first-order chi connectivity index (χ1) is 8.70. The largest absolute Gasteiger partial charge is 0.384 e. The summed E-state index contributed by atoms with van der Waals surface area (Å²) in [5.41, 5.74) is 1.15. The van der Waals surface area contributed by atoms with Gasteiger partial charge in [-0.05, 0) is 37.0 Å². The third kappa shape index (κ3) is 3.49. The van der Waals surface area contributed by atoms with Crippen molar-refractivity contribution in [1.29, 1.82) is 0 Å². The van der Waals surface area contributed by atoms with E-state index in [1.807, 2.05) is 0 Å². The number of halogens is 1. The number of carbonyl (C=O) groups excluding carboxylic acids is 1. The Kier molecular flexibility index (Phi) is 4.24. The lowest BCUT2D eigenvalue weighted by atomic mass is 10.1. The van der Waals surface area contributed by atoms with Crippen LogP contribution < -0.4 is 5.32 Å². The Hall–Kier alpha value is -1.50. The Morgan fingerprint density at radius 2 is 2.28 bits per heavy atom. The maximum absolute atomic E-state index is 11.8. The van der Waals surface area contributed by atoms with Crippen molar-refractivity contribution in [2.45, 2.75) is 12.8 Å². The summed E-state index contributed by atoms with van der Waals surface area (Å²) in [5.74, 6) is 5.79. The van der Waals surface area contributed by atoms with Gasteiger partial charge in [0, 0.05) is 17.7 Å². The predicted molar refractivity (Wildman–Crippen MR) is 70.5 cm³/mol. The molecule has 1 fully saturated rings. The molecule has 0 unspecified atom stereocenters. The number of hydrogen-bond donors (Lipinski definition) is 2. The van der Waals surface area contributed by atoms with Gasteiger partial charge in [-0.15, -0.1) is 0 Å². The van der Waals surface area contributed by atoms with Crippen LogP contribution >= 0.6 is 11.6 Å². The molecule has 0 atom stereocenters. The summed E-state index contributed by atoms with van der Waals surface area (Å²) in [6, 6.07) is 4.98. The van der Waals surface area contributed by atoms with E-state index in [2.05, 4.69) is 17.2 Å². The lowest BCUT2D eigenvalue weighted by Crippen LogP contribution is -2.25. The molecule has 3 nitrogen and oxygen atoms in total. The molecule has 1 aromatic carbocycles. The molecule has 2 rings (SSSR count). The molecule has 0 bridgehead atoms. The fourth-order valence-electron chi connectivity index (χ4n) is 1.55. The quantitative estimate of drug-likeness (QED) is 0.818. The third-order valence-electron chi connectivity index (χ3n) is 2.78. The second-order valence-electron chi connectivity index (χ2n) is 4.31. The summed E-state index contributed by atoms with van der Waals surface area (Å²) < 4.78 is 0. The van der Waals surface area contributed by atoms with Crippen LogP contribution in [0.25, 0.3) is 0 Å². The third-order valence-corrected chi connectivity index (χ3v) is 3.09. The number of nitrogens with one attached hydrogen (secondary N) is 1. The number of aliphatic hydroxyl groups excluding tert-OH is 1. The standard InChI is InChI=1S/C14H14ClNO2/c15-13-8-12(6-5-11(13)2-1-7-17)14(18)16-9-10-3-4-10/h5-6,8,10,17H,3-4,7,9H2,(H,16,18). The predicted octanol–water partition coefficient (Wildman–Crippen LogP) is 1.82. The molecule has 1 aromatic rings. The van der Waals surface area contributed by atoms with Crippen LogP contribution in [0.2, 0.25) is 5.02 Å². The van der Waals surface area contributed by atoms with Gasteiger partial charge in [-0.3, -0.25) is 4.79 Å². The zero-order chi connectivity index (χ0) is 13.0. The van der Waals surface area contributed by atoms with Crippen molar-refractivity contribution < 1.29 is 9.90 Å². The Morgan fingerprint density at radius 3 is 2.89 bits per heavy atom. The molecule has 1 amide bonds. The fraction of sp³-hybridized carbons (Fsp3) is 0.357. The van der Waals surface area contributed by atoms with Crippen molar-refractivity contribution in [1.82, 2.24) is 5.32 Å². The summed E-state index contributed by atoms with van der Waals surface area (Å²) in [4.78, 5) is 11.8. The second kappa shape index (κ2) is 5.90. The minimum absolute atomic E-state index is 0.106. The van der Waals surface area contributed by atoms with Crippen LogP contribution in [0.1, 0.15) is 28.8 Å². The van der Waals surface area contributed by atoms with Crippen molar-refractivity contribution in [3.63, 3.8) is 0 Å². The average molecular weight is 264 g/mol. The maximum atomic E-state index is 11.8. The summed E-state index contributed by atoms with van der Waals surface area (Å²) in [6.07, 6.45) is 2.41. The van der Waals surface area contributed by atoms with E-state index in [-0.39, 0.29) is 12.5 Å². The molecule has 0 aliphatic heterocycles. The molecule has 0 radical (unpaired) electrons. The highest BCUT2D eigenvalue weighted by Crippen LogP contribution is 2.27. The highest BCUT2D eigenvalue weighted by Gasteiger charge is 2.21. The molecule has 1 aliphatic rings. The highest BCUT2D eigenvalue weighted by atomic mass is 35.5. The topological polar surface area (TPSA) is 49.3 Å². The van der Waals surface area contributed by atoms with E-state index in [0.717, 1.165) is 6.54 Å². The van der Waals surface area contributed by atoms with Gasteiger partial charge in [0.05, 0.1) is 5.02 Å². The van der Waals surface area contributed by atoms with E-state index < -0.39 is 0 Å². The molecule has 2 N–H and O–H groups in total. The Bertz CT molecular complexity index is 512. The number of rotatable bonds is 3. The van der Waals surface area contributed by atoms with Gasteiger partial charge in [-0.2, -0.15) is 0 Å². The normalized spacial score (nSPS) is 13.7. The Balaban J connectivity index is 2.04. The van der Waals surface area contributed by atoms with Crippen LogP contribution in [-0.4, -0.2) is 24.2 Å². The smallest absolute Gasteiger partial charge is 0.251 e. The number of carbonyl (C=O) groups is 1.